The van der Waals surface area contributed by atoms with Gasteiger partial charge < -0.3 is 9.64 Å². The number of piperidine rings is 2. The summed E-state index contributed by atoms with van der Waals surface area (Å²) in [6.07, 6.45) is 6.07. The molecule has 2 aromatic heterocycles. The highest BCUT2D eigenvalue weighted by Crippen LogP contribution is 2.48. The predicted molar refractivity (Wildman–Crippen MR) is 115 cm³/mol. The molecule has 8 heteroatoms. The number of esters is 1. The Balaban J connectivity index is 1.60. The molecule has 3 aliphatic rings. The van der Waals surface area contributed by atoms with Gasteiger partial charge in [-0.2, -0.15) is 10.2 Å². The van der Waals surface area contributed by atoms with Crippen molar-refractivity contribution in [1.29, 1.82) is 0 Å². The zero-order valence-electron chi connectivity index (χ0n) is 18.9. The summed E-state index contributed by atoms with van der Waals surface area (Å²) in [5.41, 5.74) is 1.18. The van der Waals surface area contributed by atoms with Crippen molar-refractivity contribution in [3.8, 4) is 5.69 Å². The van der Waals surface area contributed by atoms with Gasteiger partial charge in [-0.1, -0.05) is 6.92 Å². The van der Waals surface area contributed by atoms with E-state index in [1.807, 2.05) is 44.7 Å². The number of aromatic nitrogens is 4. The molecule has 3 fully saturated rings. The number of amides is 1. The van der Waals surface area contributed by atoms with Crippen molar-refractivity contribution in [1.82, 2.24) is 24.9 Å². The number of carbonyl (C=O) groups is 2. The van der Waals surface area contributed by atoms with E-state index in [9.17, 15) is 9.59 Å². The van der Waals surface area contributed by atoms with Crippen molar-refractivity contribution in [2.75, 3.05) is 0 Å². The first-order valence-electron chi connectivity index (χ1n) is 11.0. The molecule has 31 heavy (non-hydrogen) atoms. The molecule has 5 rings (SSSR count). The third-order valence-corrected chi connectivity index (χ3v) is 6.40. The Hall–Kier alpha value is -2.77. The van der Waals surface area contributed by atoms with Crippen molar-refractivity contribution < 1.29 is 14.3 Å². The molecule has 8 nitrogen and oxygen atoms in total. The van der Waals surface area contributed by atoms with Crippen molar-refractivity contribution in [2.24, 2.45) is 11.8 Å². The summed E-state index contributed by atoms with van der Waals surface area (Å²) in [6, 6.07) is 3.87. The Morgan fingerprint density at radius 2 is 1.84 bits per heavy atom. The van der Waals surface area contributed by atoms with Crippen molar-refractivity contribution in [2.45, 2.75) is 78.0 Å². The summed E-state index contributed by atoms with van der Waals surface area (Å²) in [4.78, 5) is 34.1. The lowest BCUT2D eigenvalue weighted by atomic mass is 9.64. The quantitative estimate of drug-likeness (QED) is 0.683. The highest BCUT2D eigenvalue weighted by Gasteiger charge is 2.51. The lowest BCUT2D eigenvalue weighted by Gasteiger charge is -2.57. The van der Waals surface area contributed by atoms with Gasteiger partial charge in [-0.15, -0.1) is 4.80 Å². The molecular formula is C23H31N5O3. The molecule has 0 N–H and O–H groups in total. The minimum Gasteiger partial charge on any atom is -0.460 e. The van der Waals surface area contributed by atoms with Crippen molar-refractivity contribution in [3.63, 3.8) is 0 Å². The first kappa shape index (κ1) is 21.5. The molecule has 2 atom stereocenters. The standard InChI is InChI=1S/C23H31N5O3/c1-14-6-7-19(28-24-10-11-25-28)21(26-14)22(30)27-17-12-16(13-17)15(2)18(27)8-9-20(29)31-23(3,4)5/h6-7,10-11,15-18H,8-9,12-13H2,1-5H3/t15-,16?,17?,18+/m0/s1. The van der Waals surface area contributed by atoms with Crippen LogP contribution in [0.3, 0.4) is 0 Å². The molecule has 166 valence electrons. The number of hydrogen-bond donors (Lipinski definition) is 0. The van der Waals surface area contributed by atoms with Crippen LogP contribution in [0.1, 0.15) is 69.6 Å². The Morgan fingerprint density at radius 1 is 1.16 bits per heavy atom. The van der Waals surface area contributed by atoms with Gasteiger partial charge in [0.05, 0.1) is 12.4 Å². The fourth-order valence-corrected chi connectivity index (χ4v) is 4.83. The Kier molecular flexibility index (Phi) is 5.58. The third-order valence-electron chi connectivity index (χ3n) is 6.40. The van der Waals surface area contributed by atoms with Gasteiger partial charge in [-0.25, -0.2) is 4.98 Å². The molecule has 2 saturated heterocycles. The van der Waals surface area contributed by atoms with E-state index in [1.54, 1.807) is 12.4 Å². The second kappa shape index (κ2) is 8.05. The number of carbonyl (C=O) groups excluding carboxylic acids is 2. The summed E-state index contributed by atoms with van der Waals surface area (Å²) < 4.78 is 5.49. The summed E-state index contributed by atoms with van der Waals surface area (Å²) in [6.45, 7) is 9.67. The Morgan fingerprint density at radius 3 is 2.48 bits per heavy atom. The van der Waals surface area contributed by atoms with Crippen LogP contribution in [0.2, 0.25) is 0 Å². The number of nitrogens with zero attached hydrogens (tertiary/aromatic N) is 5. The third kappa shape index (κ3) is 4.34. The molecule has 1 saturated carbocycles. The predicted octanol–water partition coefficient (Wildman–Crippen LogP) is 3.33. The van der Waals surface area contributed by atoms with Crippen LogP contribution in [0, 0.1) is 18.8 Å². The normalized spacial score (nSPS) is 25.1. The molecule has 2 aromatic rings. The second-order valence-corrected chi connectivity index (χ2v) is 9.79. The van der Waals surface area contributed by atoms with Crippen LogP contribution in [0.4, 0.5) is 0 Å². The van der Waals surface area contributed by atoms with Gasteiger partial charge in [0.15, 0.2) is 5.69 Å². The fourth-order valence-electron chi connectivity index (χ4n) is 4.83. The molecule has 0 aromatic carbocycles. The number of pyridine rings is 1. The van der Waals surface area contributed by atoms with E-state index in [1.165, 1.54) is 4.80 Å². The van der Waals surface area contributed by atoms with Gasteiger partial charge >= 0.3 is 5.97 Å². The zero-order chi connectivity index (χ0) is 22.3. The average Bonchev–Trinajstić information content (AvgIpc) is 3.18. The smallest absolute Gasteiger partial charge is 0.306 e. The lowest BCUT2D eigenvalue weighted by Crippen LogP contribution is -2.63. The average molecular weight is 426 g/mol. The van der Waals surface area contributed by atoms with Crippen LogP contribution in [0.15, 0.2) is 24.5 Å². The van der Waals surface area contributed by atoms with Gasteiger partial charge in [-0.05, 0) is 70.9 Å². The maximum absolute atomic E-state index is 13.8. The van der Waals surface area contributed by atoms with Crippen LogP contribution in [0.5, 0.6) is 0 Å². The first-order chi connectivity index (χ1) is 14.6. The van der Waals surface area contributed by atoms with Crippen LogP contribution in [-0.2, 0) is 9.53 Å². The van der Waals surface area contributed by atoms with Gasteiger partial charge in [0.1, 0.15) is 11.3 Å². The van der Waals surface area contributed by atoms with E-state index in [-0.39, 0.29) is 24.0 Å². The molecule has 4 heterocycles. The van der Waals surface area contributed by atoms with Gasteiger partial charge in [0.2, 0.25) is 0 Å². The highest BCUT2D eigenvalue weighted by atomic mass is 16.6. The molecule has 2 aliphatic heterocycles. The van der Waals surface area contributed by atoms with Crippen molar-refractivity contribution in [3.05, 3.63) is 35.9 Å². The van der Waals surface area contributed by atoms with Crippen LogP contribution >= 0.6 is 0 Å². The Bertz CT molecular complexity index is 960. The fraction of sp³-hybridized carbons (Fsp3) is 0.609. The molecular weight excluding hydrogens is 394 g/mol. The first-order valence-corrected chi connectivity index (χ1v) is 11.0. The number of fused-ring (bicyclic) bond motifs is 2. The van der Waals surface area contributed by atoms with Crippen LogP contribution < -0.4 is 0 Å². The van der Waals surface area contributed by atoms with E-state index in [0.29, 0.717) is 36.1 Å². The SMILES string of the molecule is Cc1ccc(-n2nccn2)c(C(=O)N2C3CC(C3)[C@H](C)[C@H]2CCC(=O)OC(C)(C)C)n1. The number of rotatable bonds is 5. The molecule has 2 bridgehead atoms. The lowest BCUT2D eigenvalue weighted by molar-refractivity contribution is -0.156. The summed E-state index contributed by atoms with van der Waals surface area (Å²) in [5.74, 6) is 0.601. The van der Waals surface area contributed by atoms with Crippen LogP contribution in [0.25, 0.3) is 5.69 Å². The number of hydrogen-bond acceptors (Lipinski definition) is 6. The van der Waals surface area contributed by atoms with E-state index in [4.69, 9.17) is 4.74 Å². The van der Waals surface area contributed by atoms with Gasteiger partial charge in [-0.3, -0.25) is 9.59 Å². The molecule has 0 radical (unpaired) electrons. The minimum atomic E-state index is -0.510. The molecule has 1 amide bonds. The summed E-state index contributed by atoms with van der Waals surface area (Å²) in [5, 5.41) is 8.39. The molecule has 1 aliphatic carbocycles. The monoisotopic (exact) mass is 425 g/mol. The van der Waals surface area contributed by atoms with Gasteiger partial charge in [0, 0.05) is 24.2 Å². The van der Waals surface area contributed by atoms with E-state index >= 15 is 0 Å². The number of ether oxygens (including phenoxy) is 1. The molecule has 0 spiro atoms. The number of aryl methyl sites for hydroxylation is 1. The van der Waals surface area contributed by atoms with Gasteiger partial charge in [0.25, 0.3) is 5.91 Å². The van der Waals surface area contributed by atoms with E-state index in [2.05, 4.69) is 22.1 Å². The zero-order valence-corrected chi connectivity index (χ0v) is 18.9. The maximum atomic E-state index is 13.8. The highest BCUT2D eigenvalue weighted by molar-refractivity contribution is 5.96. The topological polar surface area (TPSA) is 90.2 Å². The molecule has 0 unspecified atom stereocenters. The Labute approximate surface area is 183 Å². The summed E-state index contributed by atoms with van der Waals surface area (Å²) in [7, 11) is 0. The van der Waals surface area contributed by atoms with E-state index < -0.39 is 5.60 Å². The largest absolute Gasteiger partial charge is 0.460 e. The maximum Gasteiger partial charge on any atom is 0.306 e. The van der Waals surface area contributed by atoms with E-state index in [0.717, 1.165) is 18.5 Å². The minimum absolute atomic E-state index is 0.0155. The summed E-state index contributed by atoms with van der Waals surface area (Å²) >= 11 is 0. The van der Waals surface area contributed by atoms with Crippen LogP contribution in [-0.4, -0.2) is 54.4 Å². The second-order valence-electron chi connectivity index (χ2n) is 9.79. The van der Waals surface area contributed by atoms with Crippen molar-refractivity contribution >= 4 is 11.9 Å².